The fraction of sp³-hybridized carbons (Fsp3) is 0.450. The molecule has 4 nitrogen and oxygen atoms in total. The maximum atomic E-state index is 14.3. The number of rotatable bonds is 6. The van der Waals surface area contributed by atoms with Crippen LogP contribution < -0.4 is 4.74 Å². The molecule has 0 spiro atoms. The van der Waals surface area contributed by atoms with Gasteiger partial charge in [0.2, 0.25) is 0 Å². The third kappa shape index (κ3) is 3.21. The van der Waals surface area contributed by atoms with Crippen molar-refractivity contribution in [2.45, 2.75) is 31.8 Å². The molecule has 1 heterocycles. The highest BCUT2D eigenvalue weighted by Gasteiger charge is 2.51. The lowest BCUT2D eigenvalue weighted by molar-refractivity contribution is -0.123. The van der Waals surface area contributed by atoms with E-state index < -0.39 is 5.60 Å². The summed E-state index contributed by atoms with van der Waals surface area (Å²) in [6, 6.07) is 4.86. The van der Waals surface area contributed by atoms with Crippen molar-refractivity contribution >= 4 is 5.78 Å². The van der Waals surface area contributed by atoms with E-state index in [0.717, 1.165) is 0 Å². The van der Waals surface area contributed by atoms with Gasteiger partial charge in [0.05, 0.1) is 7.11 Å². The molecule has 0 N–H and O–H groups in total. The smallest absolute Gasteiger partial charge is 0.189 e. The summed E-state index contributed by atoms with van der Waals surface area (Å²) in [7, 11) is 1.51. The molecular formula is C20H23FO4. The Hall–Kier alpha value is -2.14. The van der Waals surface area contributed by atoms with Crippen LogP contribution in [0.4, 0.5) is 4.39 Å². The largest absolute Gasteiger partial charge is 0.497 e. The number of halogens is 1. The average molecular weight is 346 g/mol. The van der Waals surface area contributed by atoms with Crippen LogP contribution in [0.1, 0.15) is 25.3 Å². The molecule has 5 heteroatoms. The Morgan fingerprint density at radius 2 is 2.32 bits per heavy atom. The molecule has 1 aromatic rings. The SMILES string of the molecule is C=CCC1CC2(C(C)Cc3ccc(OC)cc3F)OCOC2=CC1=O. The number of allylic oxidation sites excluding steroid dienone is 2. The monoisotopic (exact) mass is 346 g/mol. The molecular weight excluding hydrogens is 323 g/mol. The Morgan fingerprint density at radius 1 is 1.52 bits per heavy atom. The number of benzene rings is 1. The van der Waals surface area contributed by atoms with Gasteiger partial charge < -0.3 is 14.2 Å². The van der Waals surface area contributed by atoms with Crippen molar-refractivity contribution in [3.05, 3.63) is 54.1 Å². The van der Waals surface area contributed by atoms with Crippen LogP contribution in [-0.2, 0) is 20.7 Å². The normalized spacial score (nSPS) is 26.4. The minimum atomic E-state index is -0.687. The molecule has 134 valence electrons. The zero-order valence-electron chi connectivity index (χ0n) is 14.6. The minimum absolute atomic E-state index is 0.0406. The van der Waals surface area contributed by atoms with Crippen LogP contribution >= 0.6 is 0 Å². The summed E-state index contributed by atoms with van der Waals surface area (Å²) >= 11 is 0. The summed E-state index contributed by atoms with van der Waals surface area (Å²) in [6.45, 7) is 5.86. The maximum Gasteiger partial charge on any atom is 0.189 e. The van der Waals surface area contributed by atoms with E-state index in [-0.39, 0.29) is 30.2 Å². The van der Waals surface area contributed by atoms with E-state index in [1.165, 1.54) is 13.2 Å². The van der Waals surface area contributed by atoms with Gasteiger partial charge in [-0.3, -0.25) is 4.79 Å². The summed E-state index contributed by atoms with van der Waals surface area (Å²) in [6.07, 6.45) is 4.90. The Balaban J connectivity index is 1.86. The number of carbonyl (C=O) groups is 1. The van der Waals surface area contributed by atoms with E-state index in [9.17, 15) is 9.18 Å². The van der Waals surface area contributed by atoms with Gasteiger partial charge in [-0.05, 0) is 36.8 Å². The van der Waals surface area contributed by atoms with Crippen molar-refractivity contribution < 1.29 is 23.4 Å². The lowest BCUT2D eigenvalue weighted by Gasteiger charge is -2.38. The van der Waals surface area contributed by atoms with Crippen LogP contribution in [0.15, 0.2) is 42.7 Å². The van der Waals surface area contributed by atoms with Crippen molar-refractivity contribution in [1.29, 1.82) is 0 Å². The first-order valence-corrected chi connectivity index (χ1v) is 8.46. The Kier molecular flexibility index (Phi) is 4.95. The van der Waals surface area contributed by atoms with Gasteiger partial charge in [-0.2, -0.15) is 0 Å². The molecule has 0 amide bonds. The zero-order chi connectivity index (χ0) is 18.0. The first-order chi connectivity index (χ1) is 12.0. The molecule has 25 heavy (non-hydrogen) atoms. The van der Waals surface area contributed by atoms with Crippen LogP contribution in [0.25, 0.3) is 0 Å². The molecule has 1 aliphatic carbocycles. The standard InChI is InChI=1S/C20H23FO4/c1-4-5-15-11-20(19(10-18(15)22)24-12-25-20)13(2)8-14-6-7-16(23-3)9-17(14)21/h4,6-7,9-10,13,15H,1,5,8,11-12H2,2-3H3. The fourth-order valence-corrected chi connectivity index (χ4v) is 3.73. The highest BCUT2D eigenvalue weighted by molar-refractivity contribution is 5.93. The number of fused-ring (bicyclic) bond motifs is 1. The lowest BCUT2D eigenvalue weighted by Crippen LogP contribution is -2.45. The molecule has 3 atom stereocenters. The molecule has 3 rings (SSSR count). The van der Waals surface area contributed by atoms with E-state index in [4.69, 9.17) is 14.2 Å². The Bertz CT molecular complexity index is 712. The molecule has 0 radical (unpaired) electrons. The second-order valence-electron chi connectivity index (χ2n) is 6.69. The molecule has 0 bridgehead atoms. The van der Waals surface area contributed by atoms with Crippen LogP contribution in [-0.4, -0.2) is 25.3 Å². The third-order valence-electron chi connectivity index (χ3n) is 5.21. The maximum absolute atomic E-state index is 14.3. The van der Waals surface area contributed by atoms with Gasteiger partial charge in [0, 0.05) is 18.1 Å². The van der Waals surface area contributed by atoms with E-state index in [1.807, 2.05) is 6.92 Å². The summed E-state index contributed by atoms with van der Waals surface area (Å²) in [5.74, 6) is 0.567. The first kappa shape index (κ1) is 17.7. The van der Waals surface area contributed by atoms with Gasteiger partial charge in [-0.25, -0.2) is 4.39 Å². The predicted octanol–water partition coefficient (Wildman–Crippen LogP) is 3.81. The molecule has 1 saturated heterocycles. The number of hydrogen-bond donors (Lipinski definition) is 0. The molecule has 1 fully saturated rings. The molecule has 3 unspecified atom stereocenters. The Morgan fingerprint density at radius 3 is 3.00 bits per heavy atom. The molecule has 0 saturated carbocycles. The van der Waals surface area contributed by atoms with E-state index in [0.29, 0.717) is 36.3 Å². The van der Waals surface area contributed by atoms with E-state index in [2.05, 4.69) is 6.58 Å². The lowest BCUT2D eigenvalue weighted by atomic mass is 9.71. The highest BCUT2D eigenvalue weighted by Crippen LogP contribution is 2.46. The van der Waals surface area contributed by atoms with Crippen LogP contribution in [0, 0.1) is 17.7 Å². The van der Waals surface area contributed by atoms with Gasteiger partial charge in [-0.1, -0.05) is 19.1 Å². The van der Waals surface area contributed by atoms with Crippen molar-refractivity contribution in [2.24, 2.45) is 11.8 Å². The minimum Gasteiger partial charge on any atom is -0.497 e. The topological polar surface area (TPSA) is 44.8 Å². The quantitative estimate of drug-likeness (QED) is 0.735. The third-order valence-corrected chi connectivity index (χ3v) is 5.21. The van der Waals surface area contributed by atoms with Crippen molar-refractivity contribution in [1.82, 2.24) is 0 Å². The van der Waals surface area contributed by atoms with Crippen molar-refractivity contribution in [2.75, 3.05) is 13.9 Å². The van der Waals surface area contributed by atoms with Crippen molar-refractivity contribution in [3.8, 4) is 5.75 Å². The number of carbonyl (C=O) groups excluding carboxylic acids is 1. The molecule has 2 aliphatic rings. The van der Waals surface area contributed by atoms with Gasteiger partial charge in [0.15, 0.2) is 12.6 Å². The molecule has 1 aliphatic heterocycles. The number of methoxy groups -OCH3 is 1. The zero-order valence-corrected chi connectivity index (χ0v) is 14.6. The average Bonchev–Trinajstić information content (AvgIpc) is 3.01. The number of ketones is 1. The summed E-state index contributed by atoms with van der Waals surface area (Å²) in [5.41, 5.74) is -0.0942. The summed E-state index contributed by atoms with van der Waals surface area (Å²) < 4.78 is 30.9. The van der Waals surface area contributed by atoms with Crippen LogP contribution in [0.5, 0.6) is 5.75 Å². The van der Waals surface area contributed by atoms with Gasteiger partial charge in [0.25, 0.3) is 0 Å². The van der Waals surface area contributed by atoms with Gasteiger partial charge in [-0.15, -0.1) is 6.58 Å². The second kappa shape index (κ2) is 7.00. The Labute approximate surface area is 147 Å². The van der Waals surface area contributed by atoms with Crippen LogP contribution in [0.2, 0.25) is 0 Å². The molecule has 0 aromatic heterocycles. The van der Waals surface area contributed by atoms with Crippen molar-refractivity contribution in [3.63, 3.8) is 0 Å². The molecule has 1 aromatic carbocycles. The van der Waals surface area contributed by atoms with E-state index >= 15 is 0 Å². The van der Waals surface area contributed by atoms with Crippen LogP contribution in [0.3, 0.4) is 0 Å². The summed E-state index contributed by atoms with van der Waals surface area (Å²) in [5, 5.41) is 0. The highest BCUT2D eigenvalue weighted by atomic mass is 19.1. The number of ether oxygens (including phenoxy) is 3. The number of hydrogen-bond acceptors (Lipinski definition) is 4. The van der Waals surface area contributed by atoms with E-state index in [1.54, 1.807) is 24.3 Å². The summed E-state index contributed by atoms with van der Waals surface area (Å²) in [4.78, 5) is 12.2. The fourth-order valence-electron chi connectivity index (χ4n) is 3.73. The predicted molar refractivity (Wildman–Crippen MR) is 91.6 cm³/mol. The van der Waals surface area contributed by atoms with Gasteiger partial charge in [0.1, 0.15) is 22.9 Å². The second-order valence-corrected chi connectivity index (χ2v) is 6.69. The first-order valence-electron chi connectivity index (χ1n) is 8.46. The van der Waals surface area contributed by atoms with Gasteiger partial charge >= 0.3 is 0 Å².